The Morgan fingerprint density at radius 1 is 1.10 bits per heavy atom. The predicted octanol–water partition coefficient (Wildman–Crippen LogP) is 4.25. The molecule has 31 heavy (non-hydrogen) atoms. The minimum absolute atomic E-state index is 0.0533. The lowest BCUT2D eigenvalue weighted by molar-refractivity contribution is 0.382. The first-order valence-electron chi connectivity index (χ1n) is 8.65. The van der Waals surface area contributed by atoms with Crippen molar-refractivity contribution in [1.29, 1.82) is 0 Å². The van der Waals surface area contributed by atoms with Crippen LogP contribution in [0.5, 0.6) is 0 Å². The lowest BCUT2D eigenvalue weighted by atomic mass is 10.2. The van der Waals surface area contributed by atoms with Gasteiger partial charge in [-0.15, -0.1) is 0 Å². The van der Waals surface area contributed by atoms with Crippen LogP contribution in [-0.2, 0) is 14.6 Å². The molecule has 160 valence electrons. The maximum Gasteiger partial charge on any atom is 0.222 e. The Morgan fingerprint density at radius 2 is 1.74 bits per heavy atom. The van der Waals surface area contributed by atoms with Crippen LogP contribution in [0.1, 0.15) is 11.1 Å². The number of pyridine rings is 1. The van der Waals surface area contributed by atoms with Crippen molar-refractivity contribution < 1.29 is 17.5 Å². The average molecular weight is 479 g/mol. The molecule has 0 fully saturated rings. The molecule has 11 heteroatoms. The molecule has 0 aliphatic carbocycles. The SMILES string of the molecule is C=C(N=C(OCSc1ncc(Cl)cn1)c1ccc(F)cc1)c1ccc(S(C)(=O)=O)nc1. The number of halogens is 2. The monoisotopic (exact) mass is 478 g/mol. The van der Waals surface area contributed by atoms with E-state index in [1.807, 2.05) is 0 Å². The van der Waals surface area contributed by atoms with Gasteiger partial charge < -0.3 is 4.74 Å². The Labute approximate surface area is 188 Å². The zero-order chi connectivity index (χ0) is 22.4. The summed E-state index contributed by atoms with van der Waals surface area (Å²) in [5.41, 5.74) is 1.32. The molecule has 2 aromatic heterocycles. The predicted molar refractivity (Wildman–Crippen MR) is 118 cm³/mol. The van der Waals surface area contributed by atoms with Gasteiger partial charge in [0.2, 0.25) is 5.90 Å². The molecule has 0 radical (unpaired) electrons. The zero-order valence-electron chi connectivity index (χ0n) is 16.2. The van der Waals surface area contributed by atoms with Crippen LogP contribution < -0.4 is 0 Å². The van der Waals surface area contributed by atoms with Crippen LogP contribution in [0.2, 0.25) is 5.02 Å². The van der Waals surface area contributed by atoms with Gasteiger partial charge in [-0.1, -0.05) is 18.2 Å². The molecule has 0 spiro atoms. The van der Waals surface area contributed by atoms with Crippen molar-refractivity contribution in [3.05, 3.63) is 83.5 Å². The van der Waals surface area contributed by atoms with Crippen molar-refractivity contribution in [1.82, 2.24) is 15.0 Å². The smallest absolute Gasteiger partial charge is 0.222 e. The quantitative estimate of drug-likeness (QED) is 0.165. The van der Waals surface area contributed by atoms with Crippen molar-refractivity contribution in [2.75, 3.05) is 12.2 Å². The van der Waals surface area contributed by atoms with E-state index in [4.69, 9.17) is 16.3 Å². The highest BCUT2D eigenvalue weighted by atomic mass is 35.5. The van der Waals surface area contributed by atoms with Crippen molar-refractivity contribution >= 4 is 44.8 Å². The number of aliphatic imine (C=N–C) groups is 1. The molecule has 0 saturated carbocycles. The van der Waals surface area contributed by atoms with Gasteiger partial charge in [-0.05, 0) is 48.2 Å². The first-order chi connectivity index (χ1) is 14.7. The van der Waals surface area contributed by atoms with Gasteiger partial charge in [0.1, 0.15) is 11.8 Å². The van der Waals surface area contributed by atoms with Crippen LogP contribution in [0, 0.1) is 5.82 Å². The maximum absolute atomic E-state index is 13.3. The van der Waals surface area contributed by atoms with Crippen molar-refractivity contribution in [2.24, 2.45) is 4.99 Å². The van der Waals surface area contributed by atoms with E-state index in [0.717, 1.165) is 6.26 Å². The van der Waals surface area contributed by atoms with Gasteiger partial charge in [0.15, 0.2) is 20.0 Å². The number of hydrogen-bond acceptors (Lipinski definition) is 8. The minimum Gasteiger partial charge on any atom is -0.466 e. The van der Waals surface area contributed by atoms with E-state index in [1.54, 1.807) is 6.07 Å². The summed E-state index contributed by atoms with van der Waals surface area (Å²) in [4.78, 5) is 16.5. The standard InChI is InChI=1S/C20H16ClFN4O3S2/c1-13(15-5-8-18(23-9-15)31(2,27)28)26-19(14-3-6-17(22)7-4-14)29-12-30-20-24-10-16(21)11-25-20/h3-11H,1,12H2,2H3. The fourth-order valence-electron chi connectivity index (χ4n) is 2.24. The second kappa shape index (κ2) is 9.99. The molecule has 0 saturated heterocycles. The fourth-order valence-corrected chi connectivity index (χ4v) is 3.43. The second-order valence-electron chi connectivity index (χ2n) is 6.12. The topological polar surface area (TPSA) is 94.4 Å². The minimum atomic E-state index is -3.42. The van der Waals surface area contributed by atoms with E-state index in [-0.39, 0.29) is 16.9 Å². The number of ether oxygens (including phenoxy) is 1. The van der Waals surface area contributed by atoms with E-state index in [2.05, 4.69) is 26.5 Å². The summed E-state index contributed by atoms with van der Waals surface area (Å²) in [7, 11) is -3.42. The van der Waals surface area contributed by atoms with E-state index in [0.29, 0.717) is 27.0 Å². The molecule has 0 amide bonds. The summed E-state index contributed by atoms with van der Waals surface area (Å²) in [5.74, 6) is -0.0822. The highest BCUT2D eigenvalue weighted by Crippen LogP contribution is 2.19. The number of rotatable bonds is 7. The third-order valence-electron chi connectivity index (χ3n) is 3.76. The molecule has 3 rings (SSSR count). The van der Waals surface area contributed by atoms with Gasteiger partial charge in [-0.2, -0.15) is 0 Å². The molecular weight excluding hydrogens is 463 g/mol. The van der Waals surface area contributed by atoms with E-state index < -0.39 is 15.7 Å². The summed E-state index contributed by atoms with van der Waals surface area (Å²) in [6.45, 7) is 3.90. The van der Waals surface area contributed by atoms with Crippen LogP contribution in [0.15, 0.2) is 76.7 Å². The van der Waals surface area contributed by atoms with Crippen molar-refractivity contribution in [3.63, 3.8) is 0 Å². The number of aromatic nitrogens is 3. The summed E-state index contributed by atoms with van der Waals surface area (Å²) in [6, 6.07) is 8.54. The number of nitrogens with zero attached hydrogens (tertiary/aromatic N) is 4. The zero-order valence-corrected chi connectivity index (χ0v) is 18.6. The summed E-state index contributed by atoms with van der Waals surface area (Å²) < 4.78 is 42.3. The Hall–Kier alpha value is -2.82. The third-order valence-corrected chi connectivity index (χ3v) is 5.66. The van der Waals surface area contributed by atoms with Gasteiger partial charge in [0.05, 0.1) is 23.1 Å². The summed E-state index contributed by atoms with van der Waals surface area (Å²) >= 11 is 6.99. The molecule has 1 aromatic carbocycles. The van der Waals surface area contributed by atoms with Crippen LogP contribution in [0.4, 0.5) is 4.39 Å². The van der Waals surface area contributed by atoms with Gasteiger partial charge >= 0.3 is 0 Å². The summed E-state index contributed by atoms with van der Waals surface area (Å²) in [6.07, 6.45) is 5.38. The second-order valence-corrected chi connectivity index (χ2v) is 9.41. The summed E-state index contributed by atoms with van der Waals surface area (Å²) in [5, 5.41) is 0.829. The normalized spacial score (nSPS) is 11.9. The average Bonchev–Trinajstić information content (AvgIpc) is 2.74. The molecule has 0 N–H and O–H groups in total. The molecule has 0 unspecified atom stereocenters. The van der Waals surface area contributed by atoms with Crippen LogP contribution in [-0.4, -0.2) is 41.5 Å². The highest BCUT2D eigenvalue weighted by Gasteiger charge is 2.11. The fraction of sp³-hybridized carbons (Fsp3) is 0.100. The van der Waals surface area contributed by atoms with E-state index in [1.165, 1.54) is 60.7 Å². The molecule has 0 aliphatic heterocycles. The van der Waals surface area contributed by atoms with Crippen LogP contribution >= 0.6 is 23.4 Å². The van der Waals surface area contributed by atoms with Crippen LogP contribution in [0.25, 0.3) is 5.70 Å². The Kier molecular flexibility index (Phi) is 7.37. The molecule has 0 atom stereocenters. The van der Waals surface area contributed by atoms with Gasteiger partial charge in [0.25, 0.3) is 0 Å². The number of thioether (sulfide) groups is 1. The number of benzene rings is 1. The molecule has 2 heterocycles. The molecule has 0 bridgehead atoms. The first kappa shape index (κ1) is 22.9. The Balaban J connectivity index is 1.80. The molecule has 3 aromatic rings. The third kappa shape index (κ3) is 6.58. The maximum atomic E-state index is 13.3. The van der Waals surface area contributed by atoms with Gasteiger partial charge in [-0.25, -0.2) is 32.8 Å². The highest BCUT2D eigenvalue weighted by molar-refractivity contribution is 7.99. The number of hydrogen-bond donors (Lipinski definition) is 0. The van der Waals surface area contributed by atoms with Crippen LogP contribution in [0.3, 0.4) is 0 Å². The van der Waals surface area contributed by atoms with Crippen molar-refractivity contribution in [2.45, 2.75) is 10.2 Å². The van der Waals surface area contributed by atoms with Crippen molar-refractivity contribution in [3.8, 4) is 0 Å². The Morgan fingerprint density at radius 3 is 2.32 bits per heavy atom. The van der Waals surface area contributed by atoms with Gasteiger partial charge in [-0.3, -0.25) is 0 Å². The van der Waals surface area contributed by atoms with Gasteiger partial charge in [0, 0.05) is 23.6 Å². The Bertz CT molecular complexity index is 1200. The molecule has 0 aliphatic rings. The number of sulfone groups is 1. The first-order valence-corrected chi connectivity index (χ1v) is 11.9. The largest absolute Gasteiger partial charge is 0.466 e. The molecular formula is C20H16ClFN4O3S2. The lowest BCUT2D eigenvalue weighted by Crippen LogP contribution is -2.08. The van der Waals surface area contributed by atoms with E-state index in [9.17, 15) is 12.8 Å². The van der Waals surface area contributed by atoms with E-state index >= 15 is 0 Å². The lowest BCUT2D eigenvalue weighted by Gasteiger charge is -2.10. The molecule has 7 nitrogen and oxygen atoms in total.